The number of hydrogen-bond donors (Lipinski definition) is 0. The summed E-state index contributed by atoms with van der Waals surface area (Å²) in [6.45, 7) is 0.523. The van der Waals surface area contributed by atoms with Crippen LogP contribution in [0.5, 0.6) is 0 Å². The summed E-state index contributed by atoms with van der Waals surface area (Å²) in [5.41, 5.74) is 0. The molecule has 1 saturated heterocycles. The van der Waals surface area contributed by atoms with Gasteiger partial charge in [0.2, 0.25) is 5.91 Å². The molecule has 0 bridgehead atoms. The Kier molecular flexibility index (Phi) is 3.70. The predicted octanol–water partition coefficient (Wildman–Crippen LogP) is -0.0813. The molecular formula is C11H17N3O3S. The first-order valence-corrected chi connectivity index (χ1v) is 7.73. The van der Waals surface area contributed by atoms with Crippen LogP contribution < -0.4 is 0 Å². The van der Waals surface area contributed by atoms with Crippen molar-refractivity contribution in [3.63, 3.8) is 0 Å². The van der Waals surface area contributed by atoms with Crippen molar-refractivity contribution in [2.75, 3.05) is 18.6 Å². The summed E-state index contributed by atoms with van der Waals surface area (Å²) < 4.78 is 24.4. The van der Waals surface area contributed by atoms with Crippen LogP contribution in [0.15, 0.2) is 18.5 Å². The van der Waals surface area contributed by atoms with Crippen molar-refractivity contribution in [1.29, 1.82) is 0 Å². The molecule has 0 aromatic carbocycles. The summed E-state index contributed by atoms with van der Waals surface area (Å²) in [5, 5.41) is 4.02. The number of sulfone groups is 1. The van der Waals surface area contributed by atoms with Gasteiger partial charge >= 0.3 is 0 Å². The largest absolute Gasteiger partial charge is 0.342 e. The number of carbonyl (C=O) groups excluding carboxylic acids is 1. The number of amides is 1. The third kappa shape index (κ3) is 3.10. The molecule has 1 aliphatic rings. The molecular weight excluding hydrogens is 254 g/mol. The van der Waals surface area contributed by atoms with Gasteiger partial charge in [-0.3, -0.25) is 9.48 Å². The fourth-order valence-electron chi connectivity index (χ4n) is 2.10. The van der Waals surface area contributed by atoms with E-state index in [9.17, 15) is 13.2 Å². The predicted molar refractivity (Wildman–Crippen MR) is 66.7 cm³/mol. The van der Waals surface area contributed by atoms with E-state index >= 15 is 0 Å². The Morgan fingerprint density at radius 1 is 1.56 bits per heavy atom. The minimum Gasteiger partial charge on any atom is -0.342 e. The lowest BCUT2D eigenvalue weighted by molar-refractivity contribution is -0.131. The molecule has 100 valence electrons. The van der Waals surface area contributed by atoms with Crippen molar-refractivity contribution in [3.05, 3.63) is 18.5 Å². The first-order chi connectivity index (χ1) is 8.48. The zero-order valence-electron chi connectivity index (χ0n) is 10.3. The highest BCUT2D eigenvalue weighted by atomic mass is 32.2. The molecule has 0 spiro atoms. The van der Waals surface area contributed by atoms with Crippen LogP contribution in [-0.2, 0) is 21.2 Å². The van der Waals surface area contributed by atoms with Crippen LogP contribution in [0.3, 0.4) is 0 Å². The summed E-state index contributed by atoms with van der Waals surface area (Å²) in [6, 6.07) is 1.64. The molecule has 0 radical (unpaired) electrons. The van der Waals surface area contributed by atoms with Crippen molar-refractivity contribution in [3.8, 4) is 0 Å². The van der Waals surface area contributed by atoms with Gasteiger partial charge in [0, 0.05) is 38.4 Å². The maximum atomic E-state index is 11.9. The molecule has 0 unspecified atom stereocenters. The van der Waals surface area contributed by atoms with Crippen molar-refractivity contribution in [2.45, 2.75) is 25.4 Å². The third-order valence-corrected chi connectivity index (χ3v) is 5.01. The minimum absolute atomic E-state index is 0.0346. The van der Waals surface area contributed by atoms with Gasteiger partial charge in [0.1, 0.15) is 0 Å². The van der Waals surface area contributed by atoms with Crippen LogP contribution in [0.2, 0.25) is 0 Å². The van der Waals surface area contributed by atoms with Gasteiger partial charge in [-0.2, -0.15) is 5.10 Å². The van der Waals surface area contributed by atoms with Gasteiger partial charge in [-0.05, 0) is 12.5 Å². The number of hydrogen-bond acceptors (Lipinski definition) is 4. The summed E-state index contributed by atoms with van der Waals surface area (Å²) in [7, 11) is -1.27. The molecule has 1 amide bonds. The van der Waals surface area contributed by atoms with E-state index in [4.69, 9.17) is 0 Å². The lowest BCUT2D eigenvalue weighted by atomic mass is 10.2. The van der Waals surface area contributed by atoms with E-state index in [0.717, 1.165) is 0 Å². The van der Waals surface area contributed by atoms with E-state index in [1.807, 2.05) is 0 Å². The molecule has 18 heavy (non-hydrogen) atoms. The standard InChI is InChI=1S/C11H17N3O3S/c1-13(10-4-8-18(16,17)9-10)11(15)3-7-14-6-2-5-12-14/h2,5-6,10H,3-4,7-9H2,1H3/t10-/m1/s1. The van der Waals surface area contributed by atoms with Crippen molar-refractivity contribution in [2.24, 2.45) is 0 Å². The lowest BCUT2D eigenvalue weighted by Gasteiger charge is -2.23. The first kappa shape index (κ1) is 13.1. The van der Waals surface area contributed by atoms with Crippen LogP contribution >= 0.6 is 0 Å². The van der Waals surface area contributed by atoms with Gasteiger partial charge in [-0.25, -0.2) is 8.42 Å². The second-order valence-corrected chi connectivity index (χ2v) is 6.81. The Labute approximate surface area is 106 Å². The Morgan fingerprint density at radius 2 is 2.33 bits per heavy atom. The number of rotatable bonds is 4. The number of nitrogens with zero attached hydrogens (tertiary/aromatic N) is 3. The highest BCUT2D eigenvalue weighted by Gasteiger charge is 2.32. The van der Waals surface area contributed by atoms with Crippen molar-refractivity contribution < 1.29 is 13.2 Å². The molecule has 1 fully saturated rings. The number of aryl methyl sites for hydroxylation is 1. The third-order valence-electron chi connectivity index (χ3n) is 3.26. The molecule has 7 heteroatoms. The van der Waals surface area contributed by atoms with E-state index in [0.29, 0.717) is 19.4 Å². The molecule has 0 N–H and O–H groups in total. The van der Waals surface area contributed by atoms with E-state index < -0.39 is 9.84 Å². The van der Waals surface area contributed by atoms with Gasteiger partial charge in [-0.15, -0.1) is 0 Å². The fraction of sp³-hybridized carbons (Fsp3) is 0.636. The fourth-order valence-corrected chi connectivity index (χ4v) is 3.88. The Morgan fingerprint density at radius 3 is 2.89 bits per heavy atom. The monoisotopic (exact) mass is 271 g/mol. The maximum absolute atomic E-state index is 11.9. The van der Waals surface area contributed by atoms with Crippen LogP contribution in [-0.4, -0.2) is 53.6 Å². The van der Waals surface area contributed by atoms with E-state index in [2.05, 4.69) is 5.10 Å². The molecule has 2 rings (SSSR count). The summed E-state index contributed by atoms with van der Waals surface area (Å²) >= 11 is 0. The van der Waals surface area contributed by atoms with E-state index in [1.54, 1.807) is 35.1 Å². The summed E-state index contributed by atoms with van der Waals surface area (Å²) in [6.07, 6.45) is 4.35. The molecule has 0 aliphatic carbocycles. The van der Waals surface area contributed by atoms with Gasteiger partial charge in [-0.1, -0.05) is 0 Å². The van der Waals surface area contributed by atoms with Gasteiger partial charge in [0.25, 0.3) is 0 Å². The number of aromatic nitrogens is 2. The van der Waals surface area contributed by atoms with Crippen molar-refractivity contribution >= 4 is 15.7 Å². The SMILES string of the molecule is CN(C(=O)CCn1cccn1)[C@@H]1CCS(=O)(=O)C1. The topological polar surface area (TPSA) is 72.3 Å². The van der Waals surface area contributed by atoms with Crippen LogP contribution in [0.4, 0.5) is 0 Å². The van der Waals surface area contributed by atoms with Gasteiger partial charge in [0.05, 0.1) is 11.5 Å². The normalized spacial score (nSPS) is 21.9. The zero-order valence-corrected chi connectivity index (χ0v) is 11.1. The number of carbonyl (C=O) groups is 1. The van der Waals surface area contributed by atoms with Gasteiger partial charge in [0.15, 0.2) is 9.84 Å². The highest BCUT2D eigenvalue weighted by Crippen LogP contribution is 2.17. The Balaban J connectivity index is 1.85. The molecule has 6 nitrogen and oxygen atoms in total. The minimum atomic E-state index is -2.94. The van der Waals surface area contributed by atoms with Crippen LogP contribution in [0, 0.1) is 0 Å². The van der Waals surface area contributed by atoms with Gasteiger partial charge < -0.3 is 4.90 Å². The average molecular weight is 271 g/mol. The second kappa shape index (κ2) is 5.09. The van der Waals surface area contributed by atoms with Crippen LogP contribution in [0.1, 0.15) is 12.8 Å². The molecule has 2 heterocycles. The molecule has 0 saturated carbocycles. The smallest absolute Gasteiger partial charge is 0.224 e. The van der Waals surface area contributed by atoms with Crippen LogP contribution in [0.25, 0.3) is 0 Å². The zero-order chi connectivity index (χ0) is 13.2. The first-order valence-electron chi connectivity index (χ1n) is 5.91. The molecule has 1 aromatic heterocycles. The average Bonchev–Trinajstić information content (AvgIpc) is 2.94. The molecule has 1 aromatic rings. The quantitative estimate of drug-likeness (QED) is 0.768. The highest BCUT2D eigenvalue weighted by molar-refractivity contribution is 7.91. The second-order valence-electron chi connectivity index (χ2n) is 4.58. The van der Waals surface area contributed by atoms with E-state index in [1.165, 1.54) is 0 Å². The van der Waals surface area contributed by atoms with E-state index in [-0.39, 0.29) is 23.5 Å². The Bertz CT molecular complexity index is 510. The summed E-state index contributed by atoms with van der Waals surface area (Å²) in [4.78, 5) is 13.5. The lowest BCUT2D eigenvalue weighted by Crippen LogP contribution is -2.38. The Hall–Kier alpha value is -1.37. The molecule has 1 aliphatic heterocycles. The van der Waals surface area contributed by atoms with Crippen molar-refractivity contribution in [1.82, 2.24) is 14.7 Å². The molecule has 1 atom stereocenters. The maximum Gasteiger partial charge on any atom is 0.224 e. The summed E-state index contributed by atoms with van der Waals surface area (Å²) in [5.74, 6) is 0.249.